The van der Waals surface area contributed by atoms with Gasteiger partial charge in [0.2, 0.25) is 0 Å². The van der Waals surface area contributed by atoms with Crippen LogP contribution in [0.25, 0.3) is 0 Å². The maximum Gasteiger partial charge on any atom is 0.0835 e. The van der Waals surface area contributed by atoms with E-state index in [0.717, 1.165) is 18.8 Å². The first-order valence-corrected chi connectivity index (χ1v) is 7.81. The van der Waals surface area contributed by atoms with Crippen molar-refractivity contribution in [2.45, 2.75) is 44.8 Å². The summed E-state index contributed by atoms with van der Waals surface area (Å²) in [5.41, 5.74) is 3.74. The van der Waals surface area contributed by atoms with Gasteiger partial charge in [-0.15, -0.1) is 0 Å². The Hall–Kier alpha value is -0.660. The first-order valence-electron chi connectivity index (χ1n) is 7.43. The minimum Gasteiger partial charge on any atom is -0.383 e. The molecule has 1 aliphatic rings. The van der Waals surface area contributed by atoms with E-state index in [-0.39, 0.29) is 11.6 Å². The molecule has 0 bridgehead atoms. The molecule has 1 unspecified atom stereocenters. The second-order valence-electron chi connectivity index (χ2n) is 6.04. The summed E-state index contributed by atoms with van der Waals surface area (Å²) in [6, 6.07) is -0.0949. The molecule has 1 fully saturated rings. The van der Waals surface area contributed by atoms with Crippen molar-refractivity contribution in [3.05, 3.63) is 16.9 Å². The first-order chi connectivity index (χ1) is 10.0. The molecule has 0 spiro atoms. The molecule has 2 rings (SSSR count). The third kappa shape index (κ3) is 3.40. The predicted octanol–water partition coefficient (Wildman–Crippen LogP) is 1.56. The lowest BCUT2D eigenvalue weighted by atomic mass is 9.90. The van der Waals surface area contributed by atoms with E-state index in [1.807, 2.05) is 4.68 Å². The van der Waals surface area contributed by atoms with Gasteiger partial charge in [-0.05, 0) is 39.8 Å². The minimum absolute atomic E-state index is 0.0949. The number of hydrogen-bond acceptors (Lipinski definition) is 5. The fourth-order valence-electron chi connectivity index (χ4n) is 3.11. The topological polar surface area (TPSA) is 68.3 Å². The number of aromatic nitrogens is 2. The zero-order valence-electron chi connectivity index (χ0n) is 13.1. The van der Waals surface area contributed by atoms with Gasteiger partial charge < -0.3 is 4.74 Å². The maximum atomic E-state index is 6.37. The van der Waals surface area contributed by atoms with Crippen molar-refractivity contribution in [1.82, 2.24) is 20.1 Å². The highest BCUT2D eigenvalue weighted by atomic mass is 35.5. The molecule has 3 N–H and O–H groups in total. The van der Waals surface area contributed by atoms with Crippen LogP contribution in [0.15, 0.2) is 6.20 Å². The molecule has 1 aromatic heterocycles. The Morgan fingerprint density at radius 2 is 2.14 bits per heavy atom. The number of nitrogens with zero attached hydrogens (tertiary/aromatic N) is 3. The van der Waals surface area contributed by atoms with Crippen molar-refractivity contribution in [2.24, 2.45) is 5.84 Å². The summed E-state index contributed by atoms with van der Waals surface area (Å²) in [4.78, 5) is 2.46. The quantitative estimate of drug-likeness (QED) is 0.590. The zero-order valence-corrected chi connectivity index (χ0v) is 13.9. The number of hydrazine groups is 1. The first kappa shape index (κ1) is 16.7. The summed E-state index contributed by atoms with van der Waals surface area (Å²) < 4.78 is 7.03. The van der Waals surface area contributed by atoms with E-state index in [1.54, 1.807) is 13.3 Å². The van der Waals surface area contributed by atoms with Crippen LogP contribution in [-0.4, -0.2) is 47.0 Å². The van der Waals surface area contributed by atoms with Crippen molar-refractivity contribution in [1.29, 1.82) is 0 Å². The second-order valence-corrected chi connectivity index (χ2v) is 6.45. The van der Waals surface area contributed by atoms with Gasteiger partial charge in [-0.1, -0.05) is 11.6 Å². The Balaban J connectivity index is 2.29. The molecule has 0 saturated carbocycles. The Labute approximate surface area is 131 Å². The Kier molecular flexibility index (Phi) is 5.62. The number of ether oxygens (including phenoxy) is 1. The lowest BCUT2D eigenvalue weighted by Gasteiger charge is -2.42. The molecule has 1 saturated heterocycles. The summed E-state index contributed by atoms with van der Waals surface area (Å²) >= 11 is 6.37. The second kappa shape index (κ2) is 7.07. The standard InChI is InChI=1S/C14H26ClN5O/c1-14(2,19-6-4-5-7-19)13(18-16)12-11(15)10-17-20(12)8-9-21-3/h10,13,18H,4-9,16H2,1-3H3. The minimum atomic E-state index is -0.139. The van der Waals surface area contributed by atoms with Gasteiger partial charge in [0.05, 0.1) is 36.1 Å². The average molecular weight is 316 g/mol. The van der Waals surface area contributed by atoms with E-state index in [2.05, 4.69) is 29.3 Å². The molecular formula is C14H26ClN5O. The third-order valence-corrected chi connectivity index (χ3v) is 4.70. The monoisotopic (exact) mass is 315 g/mol. The van der Waals surface area contributed by atoms with Crippen LogP contribution in [-0.2, 0) is 11.3 Å². The highest BCUT2D eigenvalue weighted by molar-refractivity contribution is 6.31. The summed E-state index contributed by atoms with van der Waals surface area (Å²) in [5.74, 6) is 5.88. The van der Waals surface area contributed by atoms with Crippen molar-refractivity contribution >= 4 is 11.6 Å². The molecule has 1 atom stereocenters. The molecule has 1 aromatic rings. The maximum absolute atomic E-state index is 6.37. The Morgan fingerprint density at radius 3 is 2.71 bits per heavy atom. The van der Waals surface area contributed by atoms with Crippen molar-refractivity contribution in [3.8, 4) is 0 Å². The Morgan fingerprint density at radius 1 is 1.48 bits per heavy atom. The SMILES string of the molecule is COCCn1ncc(Cl)c1C(NN)C(C)(C)N1CCCC1. The highest BCUT2D eigenvalue weighted by Crippen LogP contribution is 2.36. The summed E-state index contributed by atoms with van der Waals surface area (Å²) in [7, 11) is 1.68. The van der Waals surface area contributed by atoms with E-state index in [0.29, 0.717) is 18.2 Å². The number of likely N-dealkylation sites (tertiary alicyclic amines) is 1. The number of nitrogens with two attached hydrogens (primary N) is 1. The van der Waals surface area contributed by atoms with E-state index in [9.17, 15) is 0 Å². The van der Waals surface area contributed by atoms with Crippen LogP contribution in [0.1, 0.15) is 38.4 Å². The van der Waals surface area contributed by atoms with Crippen molar-refractivity contribution in [2.75, 3.05) is 26.8 Å². The lowest BCUT2D eigenvalue weighted by Crippen LogP contribution is -2.53. The number of nitrogens with one attached hydrogen (secondary N) is 1. The average Bonchev–Trinajstić information content (AvgIpc) is 3.09. The molecule has 2 heterocycles. The van der Waals surface area contributed by atoms with Gasteiger partial charge in [-0.2, -0.15) is 5.10 Å². The summed E-state index contributed by atoms with van der Waals surface area (Å²) in [5, 5.41) is 4.99. The van der Waals surface area contributed by atoms with Gasteiger partial charge in [0.1, 0.15) is 0 Å². The van der Waals surface area contributed by atoms with E-state index >= 15 is 0 Å². The molecule has 0 aromatic carbocycles. The van der Waals surface area contributed by atoms with Crippen LogP contribution in [0, 0.1) is 0 Å². The fourth-order valence-corrected chi connectivity index (χ4v) is 3.36. The zero-order chi connectivity index (χ0) is 15.5. The van der Waals surface area contributed by atoms with Crippen LogP contribution >= 0.6 is 11.6 Å². The van der Waals surface area contributed by atoms with Gasteiger partial charge >= 0.3 is 0 Å². The van der Waals surface area contributed by atoms with Crippen LogP contribution in [0.3, 0.4) is 0 Å². The number of halogens is 1. The molecule has 1 aliphatic heterocycles. The molecule has 0 amide bonds. The van der Waals surface area contributed by atoms with Crippen LogP contribution in [0.2, 0.25) is 5.02 Å². The predicted molar refractivity (Wildman–Crippen MR) is 84.1 cm³/mol. The van der Waals surface area contributed by atoms with E-state index < -0.39 is 0 Å². The van der Waals surface area contributed by atoms with Crippen LogP contribution < -0.4 is 11.3 Å². The number of rotatable bonds is 7. The van der Waals surface area contributed by atoms with Gasteiger partial charge in [0, 0.05) is 12.6 Å². The summed E-state index contributed by atoms with van der Waals surface area (Å²) in [6.45, 7) is 7.84. The molecule has 0 radical (unpaired) electrons. The molecule has 7 heteroatoms. The van der Waals surface area contributed by atoms with Crippen LogP contribution in [0.4, 0.5) is 0 Å². The lowest BCUT2D eigenvalue weighted by molar-refractivity contribution is 0.101. The molecule has 6 nitrogen and oxygen atoms in total. The van der Waals surface area contributed by atoms with Gasteiger partial charge in [-0.3, -0.25) is 15.4 Å². The van der Waals surface area contributed by atoms with E-state index in [4.69, 9.17) is 22.2 Å². The normalized spacial score (nSPS) is 18.3. The molecule has 21 heavy (non-hydrogen) atoms. The number of hydrogen-bond donors (Lipinski definition) is 2. The molecular weight excluding hydrogens is 290 g/mol. The van der Waals surface area contributed by atoms with Gasteiger partial charge in [-0.25, -0.2) is 5.43 Å². The van der Waals surface area contributed by atoms with Crippen LogP contribution in [0.5, 0.6) is 0 Å². The fraction of sp³-hybridized carbons (Fsp3) is 0.786. The largest absolute Gasteiger partial charge is 0.383 e. The van der Waals surface area contributed by atoms with E-state index in [1.165, 1.54) is 12.8 Å². The van der Waals surface area contributed by atoms with Gasteiger partial charge in [0.25, 0.3) is 0 Å². The molecule has 0 aliphatic carbocycles. The third-order valence-electron chi connectivity index (χ3n) is 4.41. The smallest absolute Gasteiger partial charge is 0.0835 e. The van der Waals surface area contributed by atoms with Gasteiger partial charge in [0.15, 0.2) is 0 Å². The van der Waals surface area contributed by atoms with Crippen molar-refractivity contribution < 1.29 is 4.74 Å². The Bertz CT molecular complexity index is 456. The highest BCUT2D eigenvalue weighted by Gasteiger charge is 2.39. The summed E-state index contributed by atoms with van der Waals surface area (Å²) in [6.07, 6.45) is 4.14. The number of methoxy groups -OCH3 is 1. The van der Waals surface area contributed by atoms with Crippen molar-refractivity contribution in [3.63, 3.8) is 0 Å². The molecule has 120 valence electrons.